The third-order valence-corrected chi connectivity index (χ3v) is 0. The van der Waals surface area contributed by atoms with Gasteiger partial charge in [0, 0.05) is 0 Å². The molecule has 0 spiro atoms. The molecule has 0 unspecified atom stereocenters. The lowest BCUT2D eigenvalue weighted by Crippen LogP contribution is -1.66. The highest BCUT2D eigenvalue weighted by atomic mass is 31.2. The van der Waals surface area contributed by atoms with Crippen LogP contribution in [0.4, 0.5) is 0 Å². The third-order valence-electron chi connectivity index (χ3n) is 0. The van der Waals surface area contributed by atoms with Crippen LogP contribution in [-0.2, 0) is 13.9 Å². The first-order valence-electron chi connectivity index (χ1n) is 2.38. The minimum Gasteiger partial charge on any atom is -0.412 e. The van der Waals surface area contributed by atoms with Gasteiger partial charge in [-0.25, -0.2) is 9.13 Å². The first-order chi connectivity index (χ1) is 5.41. The summed E-state index contributed by atoms with van der Waals surface area (Å²) in [7, 11) is -9.28. The van der Waals surface area contributed by atoms with Gasteiger partial charge in [-0.05, 0) is 6.92 Å². The van der Waals surface area contributed by atoms with Crippen molar-refractivity contribution in [3.63, 3.8) is 0 Å². The van der Waals surface area contributed by atoms with Crippen molar-refractivity contribution in [3.05, 3.63) is 0 Å². The van der Waals surface area contributed by atoms with Crippen LogP contribution in [0.3, 0.4) is 0 Å². The van der Waals surface area contributed by atoms with Gasteiger partial charge < -0.3 is 39.6 Å². The van der Waals surface area contributed by atoms with Gasteiger partial charge in [0.15, 0.2) is 0 Å². The fraction of sp³-hybridized carbons (Fsp3) is 0.500. The van der Waals surface area contributed by atoms with Gasteiger partial charge in [-0.3, -0.25) is 0 Å². The van der Waals surface area contributed by atoms with Gasteiger partial charge in [0.1, 0.15) is 6.29 Å². The second kappa shape index (κ2) is 10.9. The first kappa shape index (κ1) is 23.6. The molecule has 8 N–H and O–H groups in total. The van der Waals surface area contributed by atoms with Gasteiger partial charge in [0.05, 0.1) is 0 Å². The largest absolute Gasteiger partial charge is 0.466 e. The van der Waals surface area contributed by atoms with Crippen molar-refractivity contribution in [2.24, 2.45) is 0 Å². The van der Waals surface area contributed by atoms with E-state index in [1.807, 2.05) is 0 Å². The van der Waals surface area contributed by atoms with Crippen molar-refractivity contribution in [1.29, 1.82) is 0 Å². The maximum atomic E-state index is 8.88. The van der Waals surface area contributed by atoms with E-state index < -0.39 is 15.6 Å². The van der Waals surface area contributed by atoms with Crippen LogP contribution >= 0.6 is 15.6 Å². The zero-order chi connectivity index (χ0) is 11.7. The molecule has 0 aromatic carbocycles. The minimum atomic E-state index is -4.64. The minimum absolute atomic E-state index is 0. The Morgan fingerprint density at radius 2 is 0.857 bits per heavy atom. The van der Waals surface area contributed by atoms with Crippen LogP contribution in [-0.4, -0.2) is 41.1 Å². The molecule has 0 heterocycles. The number of hydrogen-bond acceptors (Lipinski definition) is 3. The Hall–Kier alpha value is -0.150. The molecule has 0 bridgehead atoms. The van der Waals surface area contributed by atoms with Gasteiger partial charge in [0.2, 0.25) is 0 Å². The number of phosphoric acid groups is 2. The Bertz CT molecular complexity index is 162. The molecule has 14 heavy (non-hydrogen) atoms. The zero-order valence-corrected chi connectivity index (χ0v) is 8.67. The van der Waals surface area contributed by atoms with E-state index in [0.29, 0.717) is 0 Å². The fourth-order valence-corrected chi connectivity index (χ4v) is 0. The van der Waals surface area contributed by atoms with E-state index in [-0.39, 0.29) is 5.48 Å². The van der Waals surface area contributed by atoms with Crippen molar-refractivity contribution < 1.29 is 48.8 Å². The summed E-state index contributed by atoms with van der Waals surface area (Å²) >= 11 is 0. The summed E-state index contributed by atoms with van der Waals surface area (Å²) in [6.07, 6.45) is 0.750. The number of hydrogen-bond donors (Lipinski definition) is 6. The summed E-state index contributed by atoms with van der Waals surface area (Å²) in [5.74, 6) is 0. The summed E-state index contributed by atoms with van der Waals surface area (Å²) in [6, 6.07) is 0. The number of aldehydes is 1. The molecule has 10 nitrogen and oxygen atoms in total. The van der Waals surface area contributed by atoms with Gasteiger partial charge in [0.25, 0.3) is 0 Å². The van der Waals surface area contributed by atoms with E-state index in [4.69, 9.17) is 43.3 Å². The molecule has 0 radical (unpaired) electrons. The Labute approximate surface area is 78.6 Å². The van der Waals surface area contributed by atoms with Gasteiger partial charge in [-0.15, -0.1) is 0 Å². The molecule has 0 aromatic heterocycles. The number of rotatable bonds is 0. The SMILES string of the molecule is CC=O.O.O=P(O)(O)O.O=P(O)(O)O. The molecule has 0 amide bonds. The van der Waals surface area contributed by atoms with E-state index in [2.05, 4.69) is 0 Å². The van der Waals surface area contributed by atoms with E-state index in [0.717, 1.165) is 6.29 Å². The van der Waals surface area contributed by atoms with Crippen LogP contribution in [0.2, 0.25) is 0 Å². The maximum Gasteiger partial charge on any atom is 0.466 e. The molecular weight excluding hydrogens is 246 g/mol. The lowest BCUT2D eigenvalue weighted by molar-refractivity contribution is -0.106. The monoisotopic (exact) mass is 258 g/mol. The number of carbonyl (C=O) groups is 1. The average Bonchev–Trinajstić information content (AvgIpc) is 1.52. The van der Waals surface area contributed by atoms with Crippen LogP contribution < -0.4 is 0 Å². The van der Waals surface area contributed by atoms with Crippen LogP contribution in [0.1, 0.15) is 6.92 Å². The van der Waals surface area contributed by atoms with Crippen molar-refractivity contribution in [2.75, 3.05) is 0 Å². The third kappa shape index (κ3) is 62000. The molecule has 0 aliphatic heterocycles. The molecule has 0 aliphatic rings. The molecule has 0 rings (SSSR count). The predicted octanol–water partition coefficient (Wildman–Crippen LogP) is -2.48. The summed E-state index contributed by atoms with van der Waals surface area (Å²) in [5, 5.41) is 0. The van der Waals surface area contributed by atoms with Crippen LogP contribution in [0, 0.1) is 0 Å². The van der Waals surface area contributed by atoms with Gasteiger partial charge >= 0.3 is 15.6 Å². The molecule has 0 aromatic rings. The molecule has 0 saturated heterocycles. The Kier molecular flexibility index (Phi) is 18.4. The highest BCUT2D eigenvalue weighted by Gasteiger charge is 2.00. The quantitative estimate of drug-likeness (QED) is 0.200. The topological polar surface area (TPSA) is 204 Å². The zero-order valence-electron chi connectivity index (χ0n) is 6.88. The van der Waals surface area contributed by atoms with Gasteiger partial charge in [-0.2, -0.15) is 0 Å². The van der Waals surface area contributed by atoms with E-state index in [1.54, 1.807) is 0 Å². The second-order valence-corrected chi connectivity index (χ2v) is 3.32. The van der Waals surface area contributed by atoms with Crippen LogP contribution in [0.15, 0.2) is 0 Å². The smallest absolute Gasteiger partial charge is 0.412 e. The van der Waals surface area contributed by atoms with Crippen molar-refractivity contribution in [1.82, 2.24) is 0 Å². The summed E-state index contributed by atoms with van der Waals surface area (Å²) in [4.78, 5) is 51.9. The molecule has 0 saturated carbocycles. The first-order valence-corrected chi connectivity index (χ1v) is 5.51. The molecule has 0 atom stereocenters. The Balaban J connectivity index is -0.0000000535. The van der Waals surface area contributed by atoms with Crippen molar-refractivity contribution >= 4 is 21.9 Å². The normalized spacial score (nSPS) is 9.36. The predicted molar refractivity (Wildman–Crippen MR) is 43.9 cm³/mol. The average molecular weight is 258 g/mol. The molecule has 0 fully saturated rings. The summed E-state index contributed by atoms with van der Waals surface area (Å²) in [5.41, 5.74) is 0. The van der Waals surface area contributed by atoms with Crippen molar-refractivity contribution in [2.45, 2.75) is 6.92 Å². The Morgan fingerprint density at radius 3 is 0.857 bits per heavy atom. The van der Waals surface area contributed by atoms with E-state index in [9.17, 15) is 0 Å². The fourth-order valence-electron chi connectivity index (χ4n) is 0. The lowest BCUT2D eigenvalue weighted by Gasteiger charge is -1.82. The van der Waals surface area contributed by atoms with Crippen molar-refractivity contribution in [3.8, 4) is 0 Å². The summed E-state index contributed by atoms with van der Waals surface area (Å²) < 4.78 is 17.8. The molecule has 90 valence electrons. The molecular formula is C2H12O10P2. The highest BCUT2D eigenvalue weighted by Crippen LogP contribution is 2.26. The summed E-state index contributed by atoms with van der Waals surface area (Å²) in [6.45, 7) is 1.44. The van der Waals surface area contributed by atoms with Crippen LogP contribution in [0.25, 0.3) is 0 Å². The standard InChI is InChI=1S/C2H4O.2H3O4P.H2O/c1-2-3;2*1-5(2,3)4;/h2H,1H3;2*(H3,1,2,3,4);1H2. The lowest BCUT2D eigenvalue weighted by atomic mass is 11.0. The second-order valence-electron chi connectivity index (χ2n) is 1.26. The van der Waals surface area contributed by atoms with Gasteiger partial charge in [-0.1, -0.05) is 0 Å². The number of carbonyl (C=O) groups excluding carboxylic acids is 1. The Morgan fingerprint density at radius 1 is 0.857 bits per heavy atom. The highest BCUT2D eigenvalue weighted by molar-refractivity contribution is 7.45. The van der Waals surface area contributed by atoms with E-state index in [1.165, 1.54) is 6.92 Å². The molecule has 0 aliphatic carbocycles. The van der Waals surface area contributed by atoms with Crippen LogP contribution in [0.5, 0.6) is 0 Å². The molecule has 12 heteroatoms. The maximum absolute atomic E-state index is 8.88. The van der Waals surface area contributed by atoms with E-state index >= 15 is 0 Å².